The number of nitrogens with one attached hydrogen (secondary N) is 1. The van der Waals surface area contributed by atoms with E-state index in [4.69, 9.17) is 4.84 Å². The van der Waals surface area contributed by atoms with Gasteiger partial charge in [-0.25, -0.2) is 0 Å². The number of hydroxylamine groups is 1. The lowest BCUT2D eigenvalue weighted by Crippen LogP contribution is -2.29. The van der Waals surface area contributed by atoms with E-state index in [1.54, 1.807) is 6.20 Å². The minimum atomic E-state index is -0.164. The van der Waals surface area contributed by atoms with Crippen LogP contribution in [-0.4, -0.2) is 10.6 Å². The van der Waals surface area contributed by atoms with Crippen molar-refractivity contribution < 1.29 is 4.84 Å². The van der Waals surface area contributed by atoms with Crippen LogP contribution in [0.15, 0.2) is 18.3 Å². The predicted molar refractivity (Wildman–Crippen MR) is 56.7 cm³/mol. The second kappa shape index (κ2) is 4.53. The standard InChI is InChI=1S/C11H18N2O/c1-9-6-5-7-12-10(9)8-13-14-11(2,3)4/h5-7,13H,8H2,1-4H3. The van der Waals surface area contributed by atoms with Gasteiger partial charge in [0.2, 0.25) is 0 Å². The van der Waals surface area contributed by atoms with Crippen LogP contribution in [-0.2, 0) is 11.4 Å². The molecule has 0 saturated carbocycles. The smallest absolute Gasteiger partial charge is 0.0813 e. The Hall–Kier alpha value is -0.930. The number of pyridine rings is 1. The van der Waals surface area contributed by atoms with Crippen molar-refractivity contribution in [3.8, 4) is 0 Å². The summed E-state index contributed by atoms with van der Waals surface area (Å²) in [5.74, 6) is 0. The van der Waals surface area contributed by atoms with Gasteiger partial charge in [-0.1, -0.05) is 6.07 Å². The fourth-order valence-corrected chi connectivity index (χ4v) is 1.02. The van der Waals surface area contributed by atoms with Gasteiger partial charge in [0, 0.05) is 6.20 Å². The fraction of sp³-hybridized carbons (Fsp3) is 0.545. The van der Waals surface area contributed by atoms with Crippen LogP contribution in [0.4, 0.5) is 0 Å². The van der Waals surface area contributed by atoms with Crippen molar-refractivity contribution in [2.75, 3.05) is 0 Å². The summed E-state index contributed by atoms with van der Waals surface area (Å²) in [7, 11) is 0. The molecule has 0 fully saturated rings. The van der Waals surface area contributed by atoms with Gasteiger partial charge in [-0.2, -0.15) is 5.48 Å². The van der Waals surface area contributed by atoms with Gasteiger partial charge in [-0.3, -0.25) is 9.82 Å². The third-order valence-corrected chi connectivity index (χ3v) is 1.74. The maximum Gasteiger partial charge on any atom is 0.0813 e. The molecule has 78 valence electrons. The van der Waals surface area contributed by atoms with E-state index >= 15 is 0 Å². The lowest BCUT2D eigenvalue weighted by atomic mass is 10.2. The monoisotopic (exact) mass is 194 g/mol. The van der Waals surface area contributed by atoms with Gasteiger partial charge in [0.15, 0.2) is 0 Å². The summed E-state index contributed by atoms with van der Waals surface area (Å²) in [6.07, 6.45) is 1.79. The van der Waals surface area contributed by atoms with Crippen molar-refractivity contribution >= 4 is 0 Å². The van der Waals surface area contributed by atoms with Crippen LogP contribution in [0.3, 0.4) is 0 Å². The molecule has 0 atom stereocenters. The molecule has 0 aromatic carbocycles. The SMILES string of the molecule is Cc1cccnc1CNOC(C)(C)C. The topological polar surface area (TPSA) is 34.2 Å². The third kappa shape index (κ3) is 3.85. The van der Waals surface area contributed by atoms with Crippen LogP contribution >= 0.6 is 0 Å². The largest absolute Gasteiger partial charge is 0.296 e. The van der Waals surface area contributed by atoms with E-state index in [1.807, 2.05) is 39.8 Å². The number of nitrogens with zero attached hydrogens (tertiary/aromatic N) is 1. The van der Waals surface area contributed by atoms with Crippen LogP contribution in [0.5, 0.6) is 0 Å². The maximum absolute atomic E-state index is 5.40. The fourth-order valence-electron chi connectivity index (χ4n) is 1.02. The van der Waals surface area contributed by atoms with Crippen molar-refractivity contribution in [2.24, 2.45) is 0 Å². The van der Waals surface area contributed by atoms with Crippen molar-refractivity contribution in [3.63, 3.8) is 0 Å². The Bertz CT molecular complexity index is 292. The average molecular weight is 194 g/mol. The molecular formula is C11H18N2O. The molecule has 3 nitrogen and oxygen atoms in total. The van der Waals surface area contributed by atoms with Gasteiger partial charge in [0.1, 0.15) is 0 Å². The Morgan fingerprint density at radius 3 is 2.71 bits per heavy atom. The normalized spacial score (nSPS) is 11.7. The van der Waals surface area contributed by atoms with Gasteiger partial charge in [-0.15, -0.1) is 0 Å². The Morgan fingerprint density at radius 1 is 1.43 bits per heavy atom. The van der Waals surface area contributed by atoms with Gasteiger partial charge < -0.3 is 0 Å². The average Bonchev–Trinajstić information content (AvgIpc) is 2.06. The first kappa shape index (κ1) is 11.1. The van der Waals surface area contributed by atoms with Crippen LogP contribution in [0.2, 0.25) is 0 Å². The molecule has 0 radical (unpaired) electrons. The molecule has 1 aromatic rings. The predicted octanol–water partition coefficient (Wildman–Crippen LogP) is 2.21. The number of aromatic nitrogens is 1. The van der Waals surface area contributed by atoms with Gasteiger partial charge in [-0.05, 0) is 39.3 Å². The zero-order chi connectivity index (χ0) is 10.6. The molecular weight excluding hydrogens is 176 g/mol. The number of hydrogen-bond donors (Lipinski definition) is 1. The molecule has 14 heavy (non-hydrogen) atoms. The third-order valence-electron chi connectivity index (χ3n) is 1.74. The summed E-state index contributed by atoms with van der Waals surface area (Å²) in [4.78, 5) is 9.65. The number of aryl methyl sites for hydroxylation is 1. The molecule has 1 heterocycles. The molecule has 0 spiro atoms. The molecule has 0 amide bonds. The molecule has 0 saturated heterocycles. The highest BCUT2D eigenvalue weighted by atomic mass is 16.7. The second-order valence-corrected chi connectivity index (χ2v) is 4.30. The maximum atomic E-state index is 5.40. The summed E-state index contributed by atoms with van der Waals surface area (Å²) in [5.41, 5.74) is 4.96. The quantitative estimate of drug-likeness (QED) is 0.749. The van der Waals surface area contributed by atoms with E-state index in [2.05, 4.69) is 10.5 Å². The lowest BCUT2D eigenvalue weighted by molar-refractivity contribution is -0.0762. The Labute approximate surface area is 85.5 Å². The zero-order valence-electron chi connectivity index (χ0n) is 9.29. The highest BCUT2D eigenvalue weighted by Gasteiger charge is 2.10. The zero-order valence-corrected chi connectivity index (χ0v) is 9.29. The van der Waals surface area contributed by atoms with Crippen molar-refractivity contribution in [1.82, 2.24) is 10.5 Å². The summed E-state index contributed by atoms with van der Waals surface area (Å²) in [6, 6.07) is 3.98. The first-order valence-corrected chi connectivity index (χ1v) is 4.80. The highest BCUT2D eigenvalue weighted by Crippen LogP contribution is 2.06. The van der Waals surface area contributed by atoms with Gasteiger partial charge in [0.25, 0.3) is 0 Å². The van der Waals surface area contributed by atoms with E-state index in [1.165, 1.54) is 5.56 Å². The van der Waals surface area contributed by atoms with Gasteiger partial charge in [0.05, 0.1) is 17.8 Å². The van der Waals surface area contributed by atoms with E-state index in [9.17, 15) is 0 Å². The number of hydrogen-bond acceptors (Lipinski definition) is 3. The lowest BCUT2D eigenvalue weighted by Gasteiger charge is -2.19. The van der Waals surface area contributed by atoms with E-state index in [0.29, 0.717) is 6.54 Å². The minimum Gasteiger partial charge on any atom is -0.296 e. The first-order chi connectivity index (χ1) is 6.49. The van der Waals surface area contributed by atoms with Crippen LogP contribution in [0.25, 0.3) is 0 Å². The second-order valence-electron chi connectivity index (χ2n) is 4.30. The van der Waals surface area contributed by atoms with E-state index < -0.39 is 0 Å². The highest BCUT2D eigenvalue weighted by molar-refractivity contribution is 5.16. The molecule has 0 aliphatic carbocycles. The van der Waals surface area contributed by atoms with Crippen LogP contribution in [0, 0.1) is 6.92 Å². The summed E-state index contributed by atoms with van der Waals surface area (Å²) >= 11 is 0. The molecule has 3 heteroatoms. The van der Waals surface area contributed by atoms with Crippen LogP contribution < -0.4 is 5.48 Å². The first-order valence-electron chi connectivity index (χ1n) is 4.80. The van der Waals surface area contributed by atoms with Crippen molar-refractivity contribution in [1.29, 1.82) is 0 Å². The van der Waals surface area contributed by atoms with E-state index in [0.717, 1.165) is 5.69 Å². The summed E-state index contributed by atoms with van der Waals surface area (Å²) < 4.78 is 0. The molecule has 1 rings (SSSR count). The number of rotatable bonds is 3. The summed E-state index contributed by atoms with van der Waals surface area (Å²) in [6.45, 7) is 8.70. The Kier molecular flexibility index (Phi) is 3.61. The molecule has 1 N–H and O–H groups in total. The van der Waals surface area contributed by atoms with E-state index in [-0.39, 0.29) is 5.60 Å². The minimum absolute atomic E-state index is 0.164. The molecule has 0 aliphatic rings. The van der Waals surface area contributed by atoms with Crippen molar-refractivity contribution in [2.45, 2.75) is 39.8 Å². The van der Waals surface area contributed by atoms with Gasteiger partial charge >= 0.3 is 0 Å². The Balaban J connectivity index is 2.43. The molecule has 0 aliphatic heterocycles. The molecule has 0 unspecified atom stereocenters. The Morgan fingerprint density at radius 2 is 2.14 bits per heavy atom. The van der Waals surface area contributed by atoms with Crippen molar-refractivity contribution in [3.05, 3.63) is 29.6 Å². The molecule has 0 bridgehead atoms. The van der Waals surface area contributed by atoms with Crippen LogP contribution in [0.1, 0.15) is 32.0 Å². The summed E-state index contributed by atoms with van der Waals surface area (Å²) in [5, 5.41) is 0. The molecule has 1 aromatic heterocycles.